The van der Waals surface area contributed by atoms with Crippen LogP contribution in [-0.4, -0.2) is 25.1 Å². The molecular weight excluding hydrogens is 100 g/mol. The minimum atomic E-state index is -2.43. The summed E-state index contributed by atoms with van der Waals surface area (Å²) >= 11 is 0. The third-order valence-electron chi connectivity index (χ3n) is 0.885. The highest BCUT2D eigenvalue weighted by Gasteiger charge is 2.10. The van der Waals surface area contributed by atoms with Gasteiger partial charge in [-0.25, -0.2) is 0 Å². The highest BCUT2D eigenvalue weighted by Crippen LogP contribution is 1.89. The van der Waals surface area contributed by atoms with E-state index in [1.54, 1.807) is 0 Å². The Hall–Kier alpha value is -0.0800. The lowest BCUT2D eigenvalue weighted by atomic mass is 10.2. The van der Waals surface area contributed by atoms with Gasteiger partial charge in [0.25, 0.3) is 0 Å². The second-order valence-electron chi connectivity index (χ2n) is 1.62. The van der Waals surface area contributed by atoms with Gasteiger partial charge in [-0.15, -0.1) is 0 Å². The third-order valence-corrected chi connectivity index (χ3v) is 0.885. The lowest BCUT2D eigenvalue weighted by Crippen LogP contribution is -2.51. The smallest absolute Gasteiger partial charge is 0.0444 e. The van der Waals surface area contributed by atoms with E-state index in [2.05, 4.69) is 10.6 Å². The van der Waals surface area contributed by atoms with Gasteiger partial charge in [0, 0.05) is 36.1 Å². The van der Waals surface area contributed by atoms with Crippen molar-refractivity contribution in [1.82, 2.24) is 10.6 Å². The molecule has 0 aromatic rings. The van der Waals surface area contributed by atoms with Crippen molar-refractivity contribution in [2.45, 2.75) is 25.8 Å². The molecule has 2 N–H and O–H groups in total. The summed E-state index contributed by atoms with van der Waals surface area (Å²) in [6, 6.07) is -2.46. The lowest BCUT2D eigenvalue weighted by molar-refractivity contribution is 0.376. The van der Waals surface area contributed by atoms with Crippen LogP contribution in [0.1, 0.15) is 24.7 Å². The van der Waals surface area contributed by atoms with Crippen LogP contribution in [-0.2, 0) is 0 Å². The van der Waals surface area contributed by atoms with E-state index in [4.69, 9.17) is 11.0 Å². The molecule has 2 heteroatoms. The average Bonchev–Trinajstić information content (AvgIpc) is 2.04. The topological polar surface area (TPSA) is 24.1 Å². The zero-order valence-electron chi connectivity index (χ0n) is 12.3. The van der Waals surface area contributed by atoms with Gasteiger partial charge in [-0.05, 0) is 13.7 Å². The Morgan fingerprint density at radius 1 is 1.38 bits per heavy atom. The molecule has 0 radical (unpaired) electrons. The number of nitrogens with one attached hydrogen (secondary N) is 2. The van der Waals surface area contributed by atoms with Gasteiger partial charge in [-0.1, -0.05) is 0 Å². The van der Waals surface area contributed by atoms with Crippen LogP contribution >= 0.6 is 0 Å². The second-order valence-corrected chi connectivity index (χ2v) is 1.62. The predicted molar refractivity (Wildman–Crippen MR) is 34.9 cm³/mol. The minimum Gasteiger partial charge on any atom is -0.311 e. The van der Waals surface area contributed by atoms with Crippen LogP contribution in [0.3, 0.4) is 0 Å². The number of rotatable bonds is 0. The molecule has 1 heterocycles. The molecule has 1 fully saturated rings. The third kappa shape index (κ3) is 1.46. The summed E-state index contributed by atoms with van der Waals surface area (Å²) in [6.45, 7) is -7.39. The lowest BCUT2D eigenvalue weighted by Gasteiger charge is -2.26. The van der Waals surface area contributed by atoms with Gasteiger partial charge in [0.1, 0.15) is 0 Å². The molecule has 1 aliphatic heterocycles. The molecule has 1 aliphatic rings. The van der Waals surface area contributed by atoms with Crippen molar-refractivity contribution in [3.63, 3.8) is 0 Å². The fourth-order valence-electron chi connectivity index (χ4n) is 0.496. The van der Waals surface area contributed by atoms with Crippen molar-refractivity contribution >= 4 is 0 Å². The van der Waals surface area contributed by atoms with Gasteiger partial charge in [0.15, 0.2) is 0 Å². The Balaban J connectivity index is 2.79. The second kappa shape index (κ2) is 2.46. The average molecular weight is 122 g/mol. The van der Waals surface area contributed by atoms with Gasteiger partial charge in [-0.3, -0.25) is 0 Å². The molecule has 0 bridgehead atoms. The van der Waals surface area contributed by atoms with E-state index in [-0.39, 0.29) is 0 Å². The Labute approximate surface area is 61.9 Å². The zero-order valence-corrected chi connectivity index (χ0v) is 4.31. The van der Waals surface area contributed by atoms with Crippen LogP contribution in [0.2, 0.25) is 0 Å². The van der Waals surface area contributed by atoms with Crippen LogP contribution in [0, 0.1) is 0 Å². The molecular formula is C6H14N2. The molecule has 0 aliphatic carbocycles. The first-order chi connectivity index (χ1) is 7.03. The van der Waals surface area contributed by atoms with Crippen molar-refractivity contribution in [3.05, 3.63) is 0 Å². The molecule has 8 heavy (non-hydrogen) atoms. The fraction of sp³-hybridized carbons (Fsp3) is 1.00. The van der Waals surface area contributed by atoms with Crippen molar-refractivity contribution in [2.24, 2.45) is 0 Å². The van der Waals surface area contributed by atoms with Crippen molar-refractivity contribution < 1.29 is 11.0 Å². The van der Waals surface area contributed by atoms with E-state index in [0.717, 1.165) is 0 Å². The Morgan fingerprint density at radius 2 is 1.88 bits per heavy atom. The Kier molecular flexibility index (Phi) is 0.461. The molecule has 48 valence electrons. The fourth-order valence-corrected chi connectivity index (χ4v) is 0.496. The molecule has 0 aromatic heterocycles. The van der Waals surface area contributed by atoms with Gasteiger partial charge < -0.3 is 10.6 Å². The Morgan fingerprint density at radius 3 is 2.25 bits per heavy atom. The first-order valence-corrected chi connectivity index (χ1v) is 2.40. The number of hydrogen-bond acceptors (Lipinski definition) is 2. The largest absolute Gasteiger partial charge is 0.311 e. The van der Waals surface area contributed by atoms with Gasteiger partial charge in [0.2, 0.25) is 0 Å². The van der Waals surface area contributed by atoms with Crippen LogP contribution in [0.4, 0.5) is 0 Å². The molecule has 0 spiro atoms. The first-order valence-electron chi connectivity index (χ1n) is 6.55. The van der Waals surface area contributed by atoms with Crippen molar-refractivity contribution in [1.29, 1.82) is 0 Å². The standard InChI is InChI=1S/C6H14N2/c1-5-3-8-6(2)4-7-5/h5-8H,3-4H2,1-2H3/i1D3,2D3,3D,4D. The highest BCUT2D eigenvalue weighted by atomic mass is 15.1. The van der Waals surface area contributed by atoms with E-state index in [0.29, 0.717) is 0 Å². The maximum Gasteiger partial charge on any atom is 0.0444 e. The molecule has 0 saturated carbocycles. The SMILES string of the molecule is [2H]C1NC(C([2H])([2H])[2H])C([2H])NC1C([2H])([2H])[2H]. The quantitative estimate of drug-likeness (QED) is 0.471. The van der Waals surface area contributed by atoms with E-state index in [1.165, 1.54) is 0 Å². The summed E-state index contributed by atoms with van der Waals surface area (Å²) in [5, 5.41) is 4.71. The maximum atomic E-state index is 7.52. The summed E-state index contributed by atoms with van der Waals surface area (Å²) in [7, 11) is 0. The van der Waals surface area contributed by atoms with Gasteiger partial charge in [0.05, 0.1) is 0 Å². The molecule has 0 aromatic carbocycles. The molecule has 0 amide bonds. The predicted octanol–water partition coefficient (Wildman–Crippen LogP) is -0.0438. The number of piperazine rings is 1. The molecule has 1 rings (SSSR count). The van der Waals surface area contributed by atoms with Crippen LogP contribution in [0.5, 0.6) is 0 Å². The monoisotopic (exact) mass is 122 g/mol. The van der Waals surface area contributed by atoms with Crippen LogP contribution in [0.25, 0.3) is 0 Å². The summed E-state index contributed by atoms with van der Waals surface area (Å²) in [5.41, 5.74) is 0. The Bertz CT molecular complexity index is 222. The van der Waals surface area contributed by atoms with E-state index >= 15 is 0 Å². The van der Waals surface area contributed by atoms with E-state index < -0.39 is 38.8 Å². The minimum absolute atomic E-state index is 1.23. The molecule has 4 atom stereocenters. The zero-order chi connectivity index (χ0) is 12.7. The van der Waals surface area contributed by atoms with Crippen LogP contribution < -0.4 is 10.6 Å². The molecule has 2 nitrogen and oxygen atoms in total. The van der Waals surface area contributed by atoms with E-state index in [1.807, 2.05) is 0 Å². The van der Waals surface area contributed by atoms with Crippen molar-refractivity contribution in [3.8, 4) is 0 Å². The number of hydrogen-bond donors (Lipinski definition) is 2. The normalized spacial score (nSPS) is 76.0. The summed E-state index contributed by atoms with van der Waals surface area (Å²) in [5.74, 6) is 0. The maximum absolute atomic E-state index is 7.52. The summed E-state index contributed by atoms with van der Waals surface area (Å²) in [4.78, 5) is 0. The van der Waals surface area contributed by atoms with Crippen molar-refractivity contribution in [2.75, 3.05) is 13.0 Å². The summed E-state index contributed by atoms with van der Waals surface area (Å²) in [6.07, 6.45) is 0. The van der Waals surface area contributed by atoms with Crippen LogP contribution in [0.15, 0.2) is 0 Å². The molecule has 1 saturated heterocycles. The summed E-state index contributed by atoms with van der Waals surface area (Å²) < 4.78 is 58.0. The highest BCUT2D eigenvalue weighted by molar-refractivity contribution is 4.76. The van der Waals surface area contributed by atoms with E-state index in [9.17, 15) is 0 Å². The molecule has 4 unspecified atom stereocenters. The van der Waals surface area contributed by atoms with Gasteiger partial charge >= 0.3 is 0 Å². The van der Waals surface area contributed by atoms with Gasteiger partial charge in [-0.2, -0.15) is 0 Å². The first kappa shape index (κ1) is 1.50.